The van der Waals surface area contributed by atoms with Gasteiger partial charge < -0.3 is 10.2 Å². The van der Waals surface area contributed by atoms with E-state index in [0.717, 1.165) is 12.0 Å². The van der Waals surface area contributed by atoms with Crippen LogP contribution in [0.3, 0.4) is 0 Å². The van der Waals surface area contributed by atoms with Gasteiger partial charge in [0.25, 0.3) is 0 Å². The normalized spacial score (nSPS) is 20.8. The van der Waals surface area contributed by atoms with Crippen molar-refractivity contribution < 1.29 is 10.2 Å². The van der Waals surface area contributed by atoms with E-state index in [1.54, 1.807) is 12.1 Å². The minimum atomic E-state index is 0.309. The van der Waals surface area contributed by atoms with Crippen molar-refractivity contribution in [2.24, 2.45) is 0 Å². The highest BCUT2D eigenvalue weighted by Gasteiger charge is 2.20. The van der Waals surface area contributed by atoms with E-state index in [1.807, 2.05) is 24.3 Å². The number of hydrogen-bond donors (Lipinski definition) is 2. The Kier molecular flexibility index (Phi) is 4.83. The maximum Gasteiger partial charge on any atom is 0.119 e. The summed E-state index contributed by atoms with van der Waals surface area (Å²) in [5.74, 6) is 1.61. The van der Waals surface area contributed by atoms with Gasteiger partial charge in [0.05, 0.1) is 0 Å². The summed E-state index contributed by atoms with van der Waals surface area (Å²) in [7, 11) is 0. The van der Waals surface area contributed by atoms with Crippen LogP contribution in [0.5, 0.6) is 11.5 Å². The van der Waals surface area contributed by atoms with Crippen molar-refractivity contribution in [2.45, 2.75) is 50.4 Å². The molecule has 2 aliphatic rings. The predicted octanol–water partition coefficient (Wildman–Crippen LogP) is 6.27. The summed E-state index contributed by atoms with van der Waals surface area (Å²) in [6.45, 7) is 0. The van der Waals surface area contributed by atoms with Crippen LogP contribution in [0.2, 0.25) is 0 Å². The molecule has 4 rings (SSSR count). The molecule has 26 heavy (non-hydrogen) atoms. The van der Waals surface area contributed by atoms with E-state index in [-0.39, 0.29) is 0 Å². The van der Waals surface area contributed by atoms with Gasteiger partial charge in [0.15, 0.2) is 0 Å². The summed E-state index contributed by atoms with van der Waals surface area (Å²) in [4.78, 5) is 0. The zero-order valence-corrected chi connectivity index (χ0v) is 15.1. The fourth-order valence-corrected chi connectivity index (χ4v) is 4.28. The van der Waals surface area contributed by atoms with E-state index in [9.17, 15) is 10.2 Å². The quantitative estimate of drug-likeness (QED) is 0.687. The SMILES string of the molecule is Oc1ccc(C2C=CC(c3ccc(O)c(C4CCCCC4)c3)=CC2)cc1. The molecule has 0 aromatic heterocycles. The van der Waals surface area contributed by atoms with Gasteiger partial charge in [-0.1, -0.05) is 55.7 Å². The topological polar surface area (TPSA) is 40.5 Å². The first kappa shape index (κ1) is 17.0. The molecule has 2 aliphatic carbocycles. The molecule has 2 nitrogen and oxygen atoms in total. The first-order valence-corrected chi connectivity index (χ1v) is 9.71. The fourth-order valence-electron chi connectivity index (χ4n) is 4.28. The molecule has 134 valence electrons. The lowest BCUT2D eigenvalue weighted by Gasteiger charge is -2.24. The van der Waals surface area contributed by atoms with Crippen LogP contribution in [0.25, 0.3) is 5.57 Å². The summed E-state index contributed by atoms with van der Waals surface area (Å²) in [5, 5.41) is 19.8. The second kappa shape index (κ2) is 7.41. The maximum atomic E-state index is 10.3. The monoisotopic (exact) mass is 346 g/mol. The Bertz CT molecular complexity index is 824. The Hall–Kier alpha value is -2.48. The number of allylic oxidation sites excluding steroid dienone is 4. The lowest BCUT2D eigenvalue weighted by Crippen LogP contribution is -2.05. The molecule has 0 aliphatic heterocycles. The van der Waals surface area contributed by atoms with Crippen molar-refractivity contribution in [1.82, 2.24) is 0 Å². The third kappa shape index (κ3) is 3.55. The first-order chi connectivity index (χ1) is 12.7. The molecule has 1 unspecified atom stereocenters. The second-order valence-electron chi connectivity index (χ2n) is 7.56. The molecule has 0 amide bonds. The van der Waals surface area contributed by atoms with Crippen molar-refractivity contribution in [2.75, 3.05) is 0 Å². The van der Waals surface area contributed by atoms with Crippen molar-refractivity contribution in [1.29, 1.82) is 0 Å². The van der Waals surface area contributed by atoms with Crippen LogP contribution in [0.4, 0.5) is 0 Å². The van der Waals surface area contributed by atoms with Crippen LogP contribution >= 0.6 is 0 Å². The third-order valence-corrected chi connectivity index (χ3v) is 5.83. The highest BCUT2D eigenvalue weighted by molar-refractivity contribution is 5.76. The van der Waals surface area contributed by atoms with E-state index < -0.39 is 0 Å². The number of rotatable bonds is 3. The van der Waals surface area contributed by atoms with E-state index in [2.05, 4.69) is 24.3 Å². The summed E-state index contributed by atoms with van der Waals surface area (Å²) in [5.41, 5.74) is 4.78. The van der Waals surface area contributed by atoms with Crippen LogP contribution in [0, 0.1) is 0 Å². The molecule has 2 N–H and O–H groups in total. The smallest absolute Gasteiger partial charge is 0.119 e. The average molecular weight is 346 g/mol. The molecule has 0 bridgehead atoms. The number of hydrogen-bond acceptors (Lipinski definition) is 2. The van der Waals surface area contributed by atoms with E-state index >= 15 is 0 Å². The molecule has 1 fully saturated rings. The molecule has 0 heterocycles. The van der Waals surface area contributed by atoms with Gasteiger partial charge in [-0.05, 0) is 71.7 Å². The standard InChI is InChI=1S/C24H26O2/c25-22-13-10-18(11-14-22)17-6-8-19(9-7-17)21-12-15-24(26)23(16-21)20-4-2-1-3-5-20/h6,8-17,20,25-26H,1-5,7H2. The minimum Gasteiger partial charge on any atom is -0.508 e. The summed E-state index contributed by atoms with van der Waals surface area (Å²) in [6, 6.07) is 13.6. The Labute approximate surface area is 155 Å². The molecule has 1 saturated carbocycles. The largest absolute Gasteiger partial charge is 0.508 e. The van der Waals surface area contributed by atoms with Crippen molar-refractivity contribution >= 4 is 5.57 Å². The number of aromatic hydroxyl groups is 2. The van der Waals surface area contributed by atoms with Gasteiger partial charge in [-0.15, -0.1) is 0 Å². The molecular formula is C24H26O2. The van der Waals surface area contributed by atoms with Crippen molar-refractivity contribution in [3.8, 4) is 11.5 Å². The van der Waals surface area contributed by atoms with E-state index in [4.69, 9.17) is 0 Å². The molecule has 0 saturated heterocycles. The first-order valence-electron chi connectivity index (χ1n) is 9.71. The number of phenolic OH excluding ortho intramolecular Hbond substituents is 2. The van der Waals surface area contributed by atoms with Crippen molar-refractivity contribution in [3.63, 3.8) is 0 Å². The number of benzene rings is 2. The lowest BCUT2D eigenvalue weighted by atomic mass is 9.82. The van der Waals surface area contributed by atoms with Crippen LogP contribution < -0.4 is 0 Å². The second-order valence-corrected chi connectivity index (χ2v) is 7.56. The third-order valence-electron chi connectivity index (χ3n) is 5.83. The van der Waals surface area contributed by atoms with Crippen molar-refractivity contribution in [3.05, 3.63) is 77.4 Å². The minimum absolute atomic E-state index is 0.309. The fraction of sp³-hybridized carbons (Fsp3) is 0.333. The molecule has 1 atom stereocenters. The Balaban J connectivity index is 1.53. The maximum absolute atomic E-state index is 10.3. The number of phenols is 2. The Morgan fingerprint density at radius 1 is 0.846 bits per heavy atom. The zero-order chi connectivity index (χ0) is 17.9. The summed E-state index contributed by atoms with van der Waals surface area (Å²) >= 11 is 0. The molecule has 2 aromatic rings. The lowest BCUT2D eigenvalue weighted by molar-refractivity contribution is 0.414. The van der Waals surface area contributed by atoms with Gasteiger partial charge in [0.2, 0.25) is 0 Å². The van der Waals surface area contributed by atoms with Gasteiger partial charge in [-0.2, -0.15) is 0 Å². The van der Waals surface area contributed by atoms with Gasteiger partial charge in [0, 0.05) is 5.92 Å². The molecule has 2 heteroatoms. The highest BCUT2D eigenvalue weighted by atomic mass is 16.3. The Morgan fingerprint density at radius 2 is 1.62 bits per heavy atom. The highest BCUT2D eigenvalue weighted by Crippen LogP contribution is 2.39. The van der Waals surface area contributed by atoms with Crippen LogP contribution in [-0.2, 0) is 0 Å². The predicted molar refractivity (Wildman–Crippen MR) is 107 cm³/mol. The van der Waals surface area contributed by atoms with Crippen LogP contribution in [0.15, 0.2) is 60.7 Å². The summed E-state index contributed by atoms with van der Waals surface area (Å²) < 4.78 is 0. The van der Waals surface area contributed by atoms with E-state index in [1.165, 1.54) is 48.8 Å². The molecular weight excluding hydrogens is 320 g/mol. The zero-order valence-electron chi connectivity index (χ0n) is 15.1. The van der Waals surface area contributed by atoms with Gasteiger partial charge >= 0.3 is 0 Å². The summed E-state index contributed by atoms with van der Waals surface area (Å²) in [6.07, 6.45) is 13.9. The Morgan fingerprint density at radius 3 is 2.31 bits per heavy atom. The van der Waals surface area contributed by atoms with Crippen LogP contribution in [0.1, 0.15) is 67.1 Å². The molecule has 0 radical (unpaired) electrons. The van der Waals surface area contributed by atoms with Gasteiger partial charge in [-0.3, -0.25) is 0 Å². The molecule has 2 aromatic carbocycles. The van der Waals surface area contributed by atoms with E-state index in [0.29, 0.717) is 23.3 Å². The van der Waals surface area contributed by atoms with Gasteiger partial charge in [-0.25, -0.2) is 0 Å². The molecule has 0 spiro atoms. The van der Waals surface area contributed by atoms with Gasteiger partial charge in [0.1, 0.15) is 11.5 Å². The average Bonchev–Trinajstić information content (AvgIpc) is 2.70. The van der Waals surface area contributed by atoms with Crippen LogP contribution in [-0.4, -0.2) is 10.2 Å².